The molecule has 10 heteroatoms. The van der Waals surface area contributed by atoms with Crippen LogP contribution in [0, 0.1) is 12.7 Å². The number of amides is 1. The van der Waals surface area contributed by atoms with Crippen LogP contribution in [0.3, 0.4) is 0 Å². The monoisotopic (exact) mass is 607 g/mol. The van der Waals surface area contributed by atoms with Crippen molar-refractivity contribution in [2.75, 3.05) is 11.9 Å². The Hall–Kier alpha value is -5.25. The van der Waals surface area contributed by atoms with Crippen LogP contribution in [0.5, 0.6) is 0 Å². The van der Waals surface area contributed by atoms with Crippen LogP contribution in [-0.4, -0.2) is 38.4 Å². The van der Waals surface area contributed by atoms with Crippen molar-refractivity contribution in [3.05, 3.63) is 123 Å². The third kappa shape index (κ3) is 5.95. The highest BCUT2D eigenvalue weighted by molar-refractivity contribution is 5.77. The van der Waals surface area contributed by atoms with Crippen LogP contribution >= 0.6 is 0 Å². The lowest BCUT2D eigenvalue weighted by atomic mass is 9.91. The number of fused-ring (bicyclic) bond motifs is 1. The number of rotatable bonds is 7. The van der Waals surface area contributed by atoms with Crippen molar-refractivity contribution in [2.45, 2.75) is 51.2 Å². The minimum Gasteiger partial charge on any atom is -0.465 e. The average molecular weight is 608 g/mol. The molecule has 5 aromatic rings. The number of aromatic nitrogens is 3. The van der Waals surface area contributed by atoms with Gasteiger partial charge in [-0.3, -0.25) is 9.36 Å². The predicted molar refractivity (Wildman–Crippen MR) is 173 cm³/mol. The Morgan fingerprint density at radius 2 is 1.73 bits per heavy atom. The van der Waals surface area contributed by atoms with Crippen LogP contribution in [0.25, 0.3) is 27.8 Å². The molecule has 2 heterocycles. The van der Waals surface area contributed by atoms with Gasteiger partial charge in [-0.1, -0.05) is 54.6 Å². The van der Waals surface area contributed by atoms with Gasteiger partial charge < -0.3 is 15.3 Å². The second-order valence-electron chi connectivity index (χ2n) is 11.6. The summed E-state index contributed by atoms with van der Waals surface area (Å²) in [6, 6.07) is 24.2. The van der Waals surface area contributed by atoms with E-state index in [1.807, 2.05) is 48.5 Å². The molecule has 0 spiro atoms. The van der Waals surface area contributed by atoms with E-state index >= 15 is 0 Å². The van der Waals surface area contributed by atoms with Crippen LogP contribution in [0.1, 0.15) is 42.9 Å². The molecular formula is C35H34FN5O4. The molecule has 1 amide bonds. The highest BCUT2D eigenvalue weighted by atomic mass is 19.1. The third-order valence-corrected chi connectivity index (χ3v) is 8.65. The van der Waals surface area contributed by atoms with Gasteiger partial charge in [0.15, 0.2) is 5.65 Å². The SMILES string of the molecule is Cc1ccccc1N(C)Cc1ccccc1-c1cccc(-n2c(=O)n([C@H]3CC[C@@H](NC(=O)O)CC3)c(=O)c3cc(F)cnc32)c1. The predicted octanol–water partition coefficient (Wildman–Crippen LogP) is 6.05. The van der Waals surface area contributed by atoms with E-state index in [0.29, 0.717) is 37.9 Å². The van der Waals surface area contributed by atoms with E-state index in [1.165, 1.54) is 14.7 Å². The van der Waals surface area contributed by atoms with Crippen LogP contribution < -0.4 is 21.5 Å². The summed E-state index contributed by atoms with van der Waals surface area (Å²) in [5, 5.41) is 11.6. The molecule has 1 aliphatic rings. The lowest BCUT2D eigenvalue weighted by Gasteiger charge is -2.29. The minimum absolute atomic E-state index is 0.00560. The topological polar surface area (TPSA) is 109 Å². The first-order valence-electron chi connectivity index (χ1n) is 15.0. The van der Waals surface area contributed by atoms with E-state index in [0.717, 1.165) is 34.6 Å². The molecule has 9 nitrogen and oxygen atoms in total. The van der Waals surface area contributed by atoms with Crippen LogP contribution in [0.4, 0.5) is 14.9 Å². The summed E-state index contributed by atoms with van der Waals surface area (Å²) in [6.07, 6.45) is 1.71. The van der Waals surface area contributed by atoms with Crippen LogP contribution in [0.15, 0.2) is 94.6 Å². The number of halogens is 1. The number of nitrogens with one attached hydrogen (secondary N) is 1. The van der Waals surface area contributed by atoms with Crippen LogP contribution in [-0.2, 0) is 6.54 Å². The number of nitrogens with zero attached hydrogens (tertiary/aromatic N) is 4. The number of carbonyl (C=O) groups is 1. The lowest BCUT2D eigenvalue weighted by Crippen LogP contribution is -2.45. The highest BCUT2D eigenvalue weighted by Crippen LogP contribution is 2.30. The van der Waals surface area contributed by atoms with E-state index in [9.17, 15) is 18.8 Å². The fourth-order valence-corrected chi connectivity index (χ4v) is 6.48. The van der Waals surface area contributed by atoms with Gasteiger partial charge in [0.05, 0.1) is 17.3 Å². The Balaban J connectivity index is 1.43. The van der Waals surface area contributed by atoms with Crippen molar-refractivity contribution in [3.8, 4) is 16.8 Å². The van der Waals surface area contributed by atoms with Crippen molar-refractivity contribution >= 4 is 22.8 Å². The molecule has 3 aromatic carbocycles. The molecule has 0 bridgehead atoms. The van der Waals surface area contributed by atoms with Crippen molar-refractivity contribution in [1.29, 1.82) is 0 Å². The van der Waals surface area contributed by atoms with Gasteiger partial charge in [-0.2, -0.15) is 0 Å². The zero-order valence-corrected chi connectivity index (χ0v) is 25.1. The Morgan fingerprint density at radius 3 is 2.49 bits per heavy atom. The van der Waals surface area contributed by atoms with Gasteiger partial charge in [0.25, 0.3) is 5.56 Å². The third-order valence-electron chi connectivity index (χ3n) is 8.65. The second kappa shape index (κ2) is 12.4. The smallest absolute Gasteiger partial charge is 0.404 e. The van der Waals surface area contributed by atoms with Crippen molar-refractivity contribution in [2.24, 2.45) is 0 Å². The van der Waals surface area contributed by atoms with E-state index in [2.05, 4.69) is 47.4 Å². The van der Waals surface area contributed by atoms with Gasteiger partial charge in [0.1, 0.15) is 5.82 Å². The highest BCUT2D eigenvalue weighted by Gasteiger charge is 2.28. The maximum Gasteiger partial charge on any atom is 0.404 e. The molecule has 230 valence electrons. The van der Waals surface area contributed by atoms with Crippen molar-refractivity contribution < 1.29 is 14.3 Å². The summed E-state index contributed by atoms with van der Waals surface area (Å²) in [6.45, 7) is 2.74. The van der Waals surface area contributed by atoms with Crippen LogP contribution in [0.2, 0.25) is 0 Å². The average Bonchev–Trinajstić information content (AvgIpc) is 3.02. The molecule has 0 atom stereocenters. The number of aryl methyl sites for hydroxylation is 1. The maximum atomic E-state index is 14.4. The molecule has 0 saturated heterocycles. The number of carboxylic acid groups (broad SMARTS) is 1. The zero-order valence-electron chi connectivity index (χ0n) is 25.1. The summed E-state index contributed by atoms with van der Waals surface area (Å²) in [4.78, 5) is 45.3. The van der Waals surface area contributed by atoms with Gasteiger partial charge in [0.2, 0.25) is 0 Å². The Bertz CT molecular complexity index is 2010. The summed E-state index contributed by atoms with van der Waals surface area (Å²) in [5.41, 5.74) is 4.68. The Kier molecular flexibility index (Phi) is 8.21. The quantitative estimate of drug-likeness (QED) is 0.233. The second-order valence-corrected chi connectivity index (χ2v) is 11.6. The number of hydrogen-bond acceptors (Lipinski definition) is 5. The first kappa shape index (κ1) is 29.8. The zero-order chi connectivity index (χ0) is 31.7. The molecule has 1 saturated carbocycles. The molecule has 0 unspecified atom stereocenters. The molecule has 6 rings (SSSR count). The Morgan fingerprint density at radius 1 is 1.00 bits per heavy atom. The van der Waals surface area contributed by atoms with Gasteiger partial charge >= 0.3 is 11.8 Å². The molecular weight excluding hydrogens is 573 g/mol. The van der Waals surface area contributed by atoms with Gasteiger partial charge in [-0.05, 0) is 79.1 Å². The fourth-order valence-electron chi connectivity index (χ4n) is 6.48. The maximum absolute atomic E-state index is 14.4. The standard InChI is InChI=1S/C35H34FN5O4/c1-22-8-3-6-13-31(22)39(2)21-24-9-4-5-12-29(24)23-10-7-11-28(18-23)40-32-30(19-25(36)20-37-32)33(42)41(35(40)45)27-16-14-26(15-17-27)38-34(43)44/h3-13,18-20,26-27,38H,14-17,21H2,1-2H3,(H,43,44)/t26-,27+. The molecule has 1 fully saturated rings. The molecule has 2 N–H and O–H groups in total. The minimum atomic E-state index is -1.10. The first-order chi connectivity index (χ1) is 21.7. The summed E-state index contributed by atoms with van der Waals surface area (Å²) in [7, 11) is 2.06. The number of hydrogen-bond donors (Lipinski definition) is 2. The summed E-state index contributed by atoms with van der Waals surface area (Å²) < 4.78 is 17.0. The summed E-state index contributed by atoms with van der Waals surface area (Å²) >= 11 is 0. The number of pyridine rings is 1. The molecule has 0 aliphatic heterocycles. The molecule has 2 aromatic heterocycles. The summed E-state index contributed by atoms with van der Waals surface area (Å²) in [5.74, 6) is -0.675. The number of para-hydroxylation sites is 1. The molecule has 0 radical (unpaired) electrons. The number of anilines is 1. The first-order valence-corrected chi connectivity index (χ1v) is 15.0. The van der Waals surface area contributed by atoms with Gasteiger partial charge in [-0.15, -0.1) is 0 Å². The Labute approximate surface area is 259 Å². The fraction of sp³-hybridized carbons (Fsp3) is 0.257. The number of benzene rings is 3. The van der Waals surface area contributed by atoms with Gasteiger partial charge in [-0.25, -0.2) is 23.5 Å². The van der Waals surface area contributed by atoms with Crippen molar-refractivity contribution in [1.82, 2.24) is 19.4 Å². The van der Waals surface area contributed by atoms with E-state index in [4.69, 9.17) is 5.11 Å². The van der Waals surface area contributed by atoms with Crippen molar-refractivity contribution in [3.63, 3.8) is 0 Å². The van der Waals surface area contributed by atoms with E-state index in [-0.39, 0.29) is 17.1 Å². The molecule has 1 aliphatic carbocycles. The molecule has 45 heavy (non-hydrogen) atoms. The van der Waals surface area contributed by atoms with E-state index in [1.54, 1.807) is 6.07 Å². The largest absolute Gasteiger partial charge is 0.465 e. The van der Waals surface area contributed by atoms with E-state index < -0.39 is 29.2 Å². The lowest BCUT2D eigenvalue weighted by molar-refractivity contribution is 0.182. The van der Waals surface area contributed by atoms with Gasteiger partial charge in [0, 0.05) is 31.4 Å². The normalized spacial score (nSPS) is 16.4.